The molecule has 24 heavy (non-hydrogen) atoms. The van der Waals surface area contributed by atoms with Gasteiger partial charge in [-0.25, -0.2) is 0 Å². The van der Waals surface area contributed by atoms with Crippen LogP contribution in [0.1, 0.15) is 12.8 Å². The molecule has 2 heterocycles. The molecule has 0 bridgehead atoms. The van der Waals surface area contributed by atoms with Crippen LogP contribution in [0, 0.1) is 0 Å². The Hall–Kier alpha value is -2.08. The first kappa shape index (κ1) is 16.8. The second-order valence-corrected chi connectivity index (χ2v) is 6.03. The molecular weight excluding hydrogens is 328 g/mol. The van der Waals surface area contributed by atoms with Crippen molar-refractivity contribution in [2.75, 3.05) is 18.5 Å². The molecule has 3 aromatic rings. The standard InChI is InChI=1S/C18H18N2O3.ClH/c19-18(7-9-22-10-8-18)17(21)20-12-5-6-14-13-3-1-2-4-15(13)23-16(14)11-12;/h1-6,11H,7-10,19H2,(H,20,21);1H. The molecule has 5 nitrogen and oxygen atoms in total. The zero-order valence-corrected chi connectivity index (χ0v) is 13.9. The third-order valence-corrected chi connectivity index (χ3v) is 4.47. The van der Waals surface area contributed by atoms with Crippen molar-refractivity contribution in [2.45, 2.75) is 18.4 Å². The van der Waals surface area contributed by atoms with Crippen LogP contribution in [0.5, 0.6) is 0 Å². The second kappa shape index (κ2) is 6.43. The third kappa shape index (κ3) is 2.86. The van der Waals surface area contributed by atoms with Crippen molar-refractivity contribution in [1.82, 2.24) is 0 Å². The molecule has 0 unspecified atom stereocenters. The van der Waals surface area contributed by atoms with E-state index in [1.165, 1.54) is 0 Å². The van der Waals surface area contributed by atoms with Crippen LogP contribution >= 0.6 is 12.4 Å². The zero-order chi connectivity index (χ0) is 15.9. The molecule has 1 amide bonds. The molecule has 3 N–H and O–H groups in total. The van der Waals surface area contributed by atoms with Crippen LogP contribution in [0.3, 0.4) is 0 Å². The van der Waals surface area contributed by atoms with Crippen molar-refractivity contribution in [3.05, 3.63) is 42.5 Å². The van der Waals surface area contributed by atoms with E-state index < -0.39 is 5.54 Å². The quantitative estimate of drug-likeness (QED) is 0.745. The number of anilines is 1. The highest BCUT2D eigenvalue weighted by Crippen LogP contribution is 2.30. The molecule has 0 aliphatic carbocycles. The molecule has 1 aliphatic heterocycles. The van der Waals surface area contributed by atoms with Gasteiger partial charge in [0, 0.05) is 35.7 Å². The van der Waals surface area contributed by atoms with Crippen LogP contribution < -0.4 is 11.1 Å². The molecule has 1 aromatic heterocycles. The van der Waals surface area contributed by atoms with Gasteiger partial charge in [0.15, 0.2) is 0 Å². The average Bonchev–Trinajstić information content (AvgIpc) is 2.93. The minimum absolute atomic E-state index is 0. The van der Waals surface area contributed by atoms with Crippen LogP contribution in [0.2, 0.25) is 0 Å². The molecule has 0 spiro atoms. The van der Waals surface area contributed by atoms with Gasteiger partial charge in [-0.3, -0.25) is 4.79 Å². The summed E-state index contributed by atoms with van der Waals surface area (Å²) in [5, 5.41) is 5.01. The number of rotatable bonds is 2. The fourth-order valence-corrected chi connectivity index (χ4v) is 3.02. The van der Waals surface area contributed by atoms with Crippen molar-refractivity contribution in [1.29, 1.82) is 0 Å². The Morgan fingerprint density at radius 3 is 2.54 bits per heavy atom. The predicted molar refractivity (Wildman–Crippen MR) is 96.6 cm³/mol. The Morgan fingerprint density at radius 2 is 1.75 bits per heavy atom. The minimum atomic E-state index is -0.860. The van der Waals surface area contributed by atoms with Crippen molar-refractivity contribution < 1.29 is 13.9 Å². The Bertz CT molecular complexity index is 884. The summed E-state index contributed by atoms with van der Waals surface area (Å²) in [7, 11) is 0. The van der Waals surface area contributed by atoms with E-state index >= 15 is 0 Å². The molecule has 0 saturated carbocycles. The van der Waals surface area contributed by atoms with Gasteiger partial charge in [0.1, 0.15) is 16.7 Å². The lowest BCUT2D eigenvalue weighted by Crippen LogP contribution is -2.54. The van der Waals surface area contributed by atoms with Gasteiger partial charge in [-0.2, -0.15) is 0 Å². The predicted octanol–water partition coefficient (Wildman–Crippen LogP) is 3.45. The molecule has 0 radical (unpaired) electrons. The summed E-state index contributed by atoms with van der Waals surface area (Å²) in [6.07, 6.45) is 1.07. The number of nitrogens with two attached hydrogens (primary N) is 1. The summed E-state index contributed by atoms with van der Waals surface area (Å²) >= 11 is 0. The zero-order valence-electron chi connectivity index (χ0n) is 13.1. The van der Waals surface area contributed by atoms with E-state index in [-0.39, 0.29) is 18.3 Å². The van der Waals surface area contributed by atoms with Crippen molar-refractivity contribution in [3.63, 3.8) is 0 Å². The van der Waals surface area contributed by atoms with Gasteiger partial charge in [-0.05, 0) is 31.0 Å². The molecule has 2 aromatic carbocycles. The van der Waals surface area contributed by atoms with Gasteiger partial charge in [0.05, 0.1) is 0 Å². The summed E-state index contributed by atoms with van der Waals surface area (Å²) in [6, 6.07) is 13.6. The van der Waals surface area contributed by atoms with Crippen molar-refractivity contribution >= 4 is 45.9 Å². The highest BCUT2D eigenvalue weighted by Gasteiger charge is 2.35. The van der Waals surface area contributed by atoms with Gasteiger partial charge in [0.25, 0.3) is 0 Å². The Morgan fingerprint density at radius 1 is 1.04 bits per heavy atom. The van der Waals surface area contributed by atoms with Crippen LogP contribution in [-0.2, 0) is 9.53 Å². The number of ether oxygens (including phenoxy) is 1. The van der Waals surface area contributed by atoms with E-state index in [9.17, 15) is 4.79 Å². The number of hydrogen-bond donors (Lipinski definition) is 2. The largest absolute Gasteiger partial charge is 0.456 e. The summed E-state index contributed by atoms with van der Waals surface area (Å²) in [4.78, 5) is 12.5. The van der Waals surface area contributed by atoms with E-state index in [0.29, 0.717) is 31.7 Å². The first-order chi connectivity index (χ1) is 11.2. The van der Waals surface area contributed by atoms with Gasteiger partial charge in [-0.1, -0.05) is 18.2 Å². The van der Waals surface area contributed by atoms with Crippen molar-refractivity contribution in [2.24, 2.45) is 5.73 Å². The number of benzene rings is 2. The number of carbonyl (C=O) groups excluding carboxylic acids is 1. The lowest BCUT2D eigenvalue weighted by atomic mass is 9.90. The molecule has 4 rings (SSSR count). The van der Waals surface area contributed by atoms with Gasteiger partial charge in [-0.15, -0.1) is 12.4 Å². The maximum absolute atomic E-state index is 12.5. The molecular formula is C18H19ClN2O3. The lowest BCUT2D eigenvalue weighted by Gasteiger charge is -2.31. The number of hydrogen-bond acceptors (Lipinski definition) is 4. The number of halogens is 1. The smallest absolute Gasteiger partial charge is 0.244 e. The average molecular weight is 347 g/mol. The summed E-state index contributed by atoms with van der Waals surface area (Å²) in [5.74, 6) is -0.170. The first-order valence-electron chi connectivity index (χ1n) is 7.75. The molecule has 0 atom stereocenters. The SMILES string of the molecule is Cl.NC1(C(=O)Nc2ccc3c(c2)oc2ccccc23)CCOCC1. The summed E-state index contributed by atoms with van der Waals surface area (Å²) < 4.78 is 11.1. The lowest BCUT2D eigenvalue weighted by molar-refractivity contribution is -0.124. The number of fused-ring (bicyclic) bond motifs is 3. The number of furan rings is 1. The van der Waals surface area contributed by atoms with Crippen LogP contribution in [0.15, 0.2) is 46.9 Å². The van der Waals surface area contributed by atoms with E-state index in [4.69, 9.17) is 14.9 Å². The van der Waals surface area contributed by atoms with E-state index in [0.717, 1.165) is 21.9 Å². The molecule has 1 fully saturated rings. The first-order valence-corrected chi connectivity index (χ1v) is 7.75. The van der Waals surface area contributed by atoms with Gasteiger partial charge < -0.3 is 20.2 Å². The minimum Gasteiger partial charge on any atom is -0.456 e. The Balaban J connectivity index is 0.00000169. The van der Waals surface area contributed by atoms with Crippen LogP contribution in [0.4, 0.5) is 5.69 Å². The van der Waals surface area contributed by atoms with Crippen molar-refractivity contribution in [3.8, 4) is 0 Å². The molecule has 1 saturated heterocycles. The number of para-hydroxylation sites is 1. The summed E-state index contributed by atoms with van der Waals surface area (Å²) in [6.45, 7) is 1.04. The molecule has 1 aliphatic rings. The number of amides is 1. The van der Waals surface area contributed by atoms with Crippen LogP contribution in [0.25, 0.3) is 21.9 Å². The van der Waals surface area contributed by atoms with E-state index in [2.05, 4.69) is 5.32 Å². The van der Waals surface area contributed by atoms with E-state index in [1.807, 2.05) is 42.5 Å². The Labute approximate surface area is 145 Å². The summed E-state index contributed by atoms with van der Waals surface area (Å²) in [5.41, 5.74) is 7.63. The maximum Gasteiger partial charge on any atom is 0.244 e. The number of carbonyl (C=O) groups is 1. The highest BCUT2D eigenvalue weighted by atomic mass is 35.5. The molecule has 126 valence electrons. The van der Waals surface area contributed by atoms with Gasteiger partial charge >= 0.3 is 0 Å². The fraction of sp³-hybridized carbons (Fsp3) is 0.278. The Kier molecular flexibility index (Phi) is 4.49. The van der Waals surface area contributed by atoms with E-state index in [1.54, 1.807) is 0 Å². The second-order valence-electron chi connectivity index (χ2n) is 6.03. The third-order valence-electron chi connectivity index (χ3n) is 4.47. The normalized spacial score (nSPS) is 16.7. The van der Waals surface area contributed by atoms with Gasteiger partial charge in [0.2, 0.25) is 5.91 Å². The monoisotopic (exact) mass is 346 g/mol. The maximum atomic E-state index is 12.5. The molecule has 6 heteroatoms. The number of nitrogens with one attached hydrogen (secondary N) is 1. The van der Waals surface area contributed by atoms with Crippen LogP contribution in [-0.4, -0.2) is 24.7 Å². The highest BCUT2D eigenvalue weighted by molar-refractivity contribution is 6.07. The fourth-order valence-electron chi connectivity index (χ4n) is 3.02. The topological polar surface area (TPSA) is 77.5 Å².